The first-order chi connectivity index (χ1) is 25.6. The first-order valence-corrected chi connectivity index (χ1v) is 16.5. The van der Waals surface area contributed by atoms with Gasteiger partial charge in [0, 0.05) is 43.6 Å². The summed E-state index contributed by atoms with van der Waals surface area (Å²) in [5, 5.41) is 88.6. The highest BCUT2D eigenvalue weighted by atomic mass is 16.4. The minimum absolute atomic E-state index is 0.00498. The van der Waals surface area contributed by atoms with Crippen LogP contribution in [-0.2, 0) is 0 Å². The topological polar surface area (TPSA) is 175 Å². The zero-order valence-electron chi connectivity index (χ0n) is 27.6. The van der Waals surface area contributed by atoms with Crippen LogP contribution in [-0.4, -0.2) is 40.9 Å². The van der Waals surface area contributed by atoms with E-state index in [0.29, 0.717) is 16.7 Å². The van der Waals surface area contributed by atoms with Crippen LogP contribution in [0.15, 0.2) is 114 Å². The Balaban J connectivity index is 1.26. The number of phenolic OH excluding ortho intramolecular Hbond substituents is 8. The number of hydrogen-bond acceptors (Lipinski definition) is 9. The highest BCUT2D eigenvalue weighted by molar-refractivity contribution is 6.29. The SMILES string of the molecule is C=C1C(c2ccccc2)=Cc2oc3ccc(-c4ccc(-c5c6c(O)c(O)c(O)c(O)c6c(-c6ccccc6)c6c(O)c(O)c(O)c(O)c56)cc4)cc3c21. The molecule has 0 aliphatic heterocycles. The van der Waals surface area contributed by atoms with Gasteiger partial charge in [-0.25, -0.2) is 0 Å². The van der Waals surface area contributed by atoms with Crippen LogP contribution in [0.2, 0.25) is 0 Å². The highest BCUT2D eigenvalue weighted by Crippen LogP contribution is 2.61. The predicted molar refractivity (Wildman–Crippen MR) is 204 cm³/mol. The molecule has 0 bridgehead atoms. The van der Waals surface area contributed by atoms with Crippen molar-refractivity contribution in [2.24, 2.45) is 0 Å². The summed E-state index contributed by atoms with van der Waals surface area (Å²) in [7, 11) is 0. The van der Waals surface area contributed by atoms with E-state index in [-0.39, 0.29) is 32.7 Å². The summed E-state index contributed by atoms with van der Waals surface area (Å²) < 4.78 is 6.20. The van der Waals surface area contributed by atoms with E-state index in [1.807, 2.05) is 54.6 Å². The molecule has 8 aromatic rings. The van der Waals surface area contributed by atoms with Crippen LogP contribution in [0.25, 0.3) is 83.1 Å². The molecule has 258 valence electrons. The largest absolute Gasteiger partial charge is 0.504 e. The number of rotatable bonds is 4. The zero-order valence-corrected chi connectivity index (χ0v) is 27.6. The van der Waals surface area contributed by atoms with Gasteiger partial charge in [0.1, 0.15) is 11.3 Å². The molecule has 1 aliphatic rings. The first kappa shape index (κ1) is 31.5. The summed E-state index contributed by atoms with van der Waals surface area (Å²) in [5.74, 6) is -6.67. The number of benzene rings is 7. The van der Waals surface area contributed by atoms with E-state index >= 15 is 0 Å². The Morgan fingerprint density at radius 2 is 0.811 bits per heavy atom. The molecular formula is C44H28O9. The molecule has 1 aromatic heterocycles. The number of aromatic hydroxyl groups is 8. The molecule has 8 N–H and O–H groups in total. The van der Waals surface area contributed by atoms with Crippen LogP contribution in [0.4, 0.5) is 0 Å². The molecule has 0 amide bonds. The van der Waals surface area contributed by atoms with Gasteiger partial charge in [-0.3, -0.25) is 0 Å². The van der Waals surface area contributed by atoms with Crippen molar-refractivity contribution in [1.82, 2.24) is 0 Å². The minimum Gasteiger partial charge on any atom is -0.504 e. The second kappa shape index (κ2) is 11.2. The van der Waals surface area contributed by atoms with E-state index in [0.717, 1.165) is 44.5 Å². The van der Waals surface area contributed by atoms with Gasteiger partial charge < -0.3 is 45.3 Å². The van der Waals surface area contributed by atoms with E-state index in [1.54, 1.807) is 54.6 Å². The molecule has 9 heteroatoms. The van der Waals surface area contributed by atoms with Crippen molar-refractivity contribution in [1.29, 1.82) is 0 Å². The van der Waals surface area contributed by atoms with Crippen molar-refractivity contribution in [2.75, 3.05) is 0 Å². The van der Waals surface area contributed by atoms with Crippen LogP contribution in [0.5, 0.6) is 46.0 Å². The molecule has 0 unspecified atom stereocenters. The van der Waals surface area contributed by atoms with Crippen molar-refractivity contribution >= 4 is 49.7 Å². The Morgan fingerprint density at radius 1 is 0.396 bits per heavy atom. The molecule has 53 heavy (non-hydrogen) atoms. The third kappa shape index (κ3) is 4.37. The number of furan rings is 1. The molecule has 1 heterocycles. The fourth-order valence-electron chi connectivity index (χ4n) is 7.57. The number of phenols is 8. The molecule has 1 aliphatic carbocycles. The van der Waals surface area contributed by atoms with Crippen molar-refractivity contribution in [3.8, 4) is 79.4 Å². The van der Waals surface area contributed by atoms with Crippen LogP contribution in [0.3, 0.4) is 0 Å². The summed E-state index contributed by atoms with van der Waals surface area (Å²) in [4.78, 5) is 0. The van der Waals surface area contributed by atoms with Crippen LogP contribution >= 0.6 is 0 Å². The first-order valence-electron chi connectivity index (χ1n) is 16.5. The zero-order chi connectivity index (χ0) is 36.9. The van der Waals surface area contributed by atoms with Crippen LogP contribution in [0, 0.1) is 0 Å². The van der Waals surface area contributed by atoms with Gasteiger partial charge in [-0.15, -0.1) is 0 Å². The monoisotopic (exact) mass is 700 g/mol. The van der Waals surface area contributed by atoms with Gasteiger partial charge >= 0.3 is 0 Å². The van der Waals surface area contributed by atoms with E-state index in [9.17, 15) is 40.9 Å². The van der Waals surface area contributed by atoms with Crippen molar-refractivity contribution < 1.29 is 45.3 Å². The summed E-state index contributed by atoms with van der Waals surface area (Å²) in [6, 6.07) is 31.0. The number of hydrogen-bond donors (Lipinski definition) is 8. The molecule has 0 saturated carbocycles. The van der Waals surface area contributed by atoms with Crippen molar-refractivity contribution in [3.63, 3.8) is 0 Å². The average Bonchev–Trinajstić information content (AvgIpc) is 3.72. The normalized spacial score (nSPS) is 12.5. The second-order valence-electron chi connectivity index (χ2n) is 12.9. The van der Waals surface area contributed by atoms with Gasteiger partial charge in [0.25, 0.3) is 0 Å². The third-order valence-corrected chi connectivity index (χ3v) is 10.1. The molecule has 9 nitrogen and oxygen atoms in total. The fraction of sp³-hybridized carbons (Fsp3) is 0. The molecular weight excluding hydrogens is 672 g/mol. The van der Waals surface area contributed by atoms with Gasteiger partial charge in [-0.05, 0) is 57.2 Å². The Kier molecular flexibility index (Phi) is 6.67. The lowest BCUT2D eigenvalue weighted by Gasteiger charge is -2.22. The quantitative estimate of drug-likeness (QED) is 0.0505. The smallest absolute Gasteiger partial charge is 0.204 e. The lowest BCUT2D eigenvalue weighted by Crippen LogP contribution is -1.94. The Labute approximate surface area is 300 Å². The molecule has 0 spiro atoms. The molecule has 0 fully saturated rings. The predicted octanol–water partition coefficient (Wildman–Crippen LogP) is 9.95. The maximum atomic E-state index is 11.4. The van der Waals surface area contributed by atoms with Crippen molar-refractivity contribution in [2.45, 2.75) is 0 Å². The lowest BCUT2D eigenvalue weighted by atomic mass is 9.83. The summed E-state index contributed by atoms with van der Waals surface area (Å²) in [6.45, 7) is 4.38. The number of allylic oxidation sites excluding steroid dienone is 2. The van der Waals surface area contributed by atoms with E-state index in [2.05, 4.69) is 6.58 Å². The fourth-order valence-corrected chi connectivity index (χ4v) is 7.57. The molecule has 0 atom stereocenters. The average molecular weight is 701 g/mol. The van der Waals surface area contributed by atoms with Gasteiger partial charge in [0.2, 0.25) is 23.0 Å². The van der Waals surface area contributed by atoms with Crippen LogP contribution in [0.1, 0.15) is 16.9 Å². The van der Waals surface area contributed by atoms with Gasteiger partial charge in [-0.2, -0.15) is 0 Å². The second-order valence-corrected chi connectivity index (χ2v) is 12.9. The van der Waals surface area contributed by atoms with E-state index in [4.69, 9.17) is 4.42 Å². The summed E-state index contributed by atoms with van der Waals surface area (Å²) >= 11 is 0. The summed E-state index contributed by atoms with van der Waals surface area (Å²) in [5.41, 5.74) is 6.73. The van der Waals surface area contributed by atoms with E-state index < -0.39 is 46.0 Å². The maximum Gasteiger partial charge on any atom is 0.204 e. The minimum atomic E-state index is -1.02. The van der Waals surface area contributed by atoms with Gasteiger partial charge in [0.15, 0.2) is 23.0 Å². The molecule has 9 rings (SSSR count). The van der Waals surface area contributed by atoms with Crippen molar-refractivity contribution in [3.05, 3.63) is 127 Å². The summed E-state index contributed by atoms with van der Waals surface area (Å²) in [6.07, 6.45) is 1.99. The Morgan fingerprint density at radius 3 is 1.30 bits per heavy atom. The van der Waals surface area contributed by atoms with Gasteiger partial charge in [0.05, 0.1) is 0 Å². The highest BCUT2D eigenvalue weighted by Gasteiger charge is 2.32. The maximum absolute atomic E-state index is 11.4. The number of fused-ring (bicyclic) bond motifs is 5. The lowest BCUT2D eigenvalue weighted by molar-refractivity contribution is 0.350. The molecule has 0 saturated heterocycles. The van der Waals surface area contributed by atoms with Gasteiger partial charge in [-0.1, -0.05) is 97.6 Å². The van der Waals surface area contributed by atoms with Crippen LogP contribution < -0.4 is 0 Å². The van der Waals surface area contributed by atoms with E-state index in [1.165, 1.54) is 0 Å². The Bertz CT molecular complexity index is 2820. The molecule has 0 radical (unpaired) electrons. The standard InChI is InChI=1S/C44H28O9/c1-20-26(22-8-4-2-5-9-22)19-29-30(20)27-18-25(16-17-28(27)53-29)21-12-14-24(15-13-21)32-35-33(37(45)41(49)43(51)39(35)47)31(23-10-6-3-7-11-23)34-36(32)40(48)44(52)42(50)38(34)46/h2-19,45-52H,1H2. The molecule has 7 aromatic carbocycles. The Hall–Kier alpha value is -7.52. The third-order valence-electron chi connectivity index (χ3n) is 10.1.